The van der Waals surface area contributed by atoms with Crippen LogP contribution in [0.1, 0.15) is 29.9 Å². The molecular formula is C21H25NO7. The van der Waals surface area contributed by atoms with E-state index in [1.165, 1.54) is 21.3 Å². The van der Waals surface area contributed by atoms with E-state index >= 15 is 0 Å². The number of nitro groups is 1. The maximum Gasteiger partial charge on any atom is 0.316 e. The van der Waals surface area contributed by atoms with E-state index in [-0.39, 0.29) is 4.92 Å². The highest BCUT2D eigenvalue weighted by atomic mass is 16.6. The summed E-state index contributed by atoms with van der Waals surface area (Å²) in [7, 11) is 5.86. The van der Waals surface area contributed by atoms with Gasteiger partial charge in [0.1, 0.15) is 5.92 Å². The van der Waals surface area contributed by atoms with Crippen molar-refractivity contribution in [3.63, 3.8) is 0 Å². The quantitative estimate of drug-likeness (QED) is 0.323. The van der Waals surface area contributed by atoms with Gasteiger partial charge in [0.2, 0.25) is 11.8 Å². The SMILES string of the molecule is COC(=O)C1CC=C2C3CC3Cc3cc(OC)c(OC)c(OC)c3C2C1[N+](=O)[O-]. The van der Waals surface area contributed by atoms with Crippen molar-refractivity contribution in [2.45, 2.75) is 31.2 Å². The molecule has 8 heteroatoms. The molecule has 5 unspecified atom stereocenters. The monoisotopic (exact) mass is 403 g/mol. The zero-order valence-electron chi connectivity index (χ0n) is 17.0. The second-order valence-corrected chi connectivity index (χ2v) is 7.85. The van der Waals surface area contributed by atoms with Crippen LogP contribution < -0.4 is 14.2 Å². The zero-order valence-corrected chi connectivity index (χ0v) is 17.0. The predicted molar refractivity (Wildman–Crippen MR) is 103 cm³/mol. The summed E-state index contributed by atoms with van der Waals surface area (Å²) in [6.07, 6.45) is 4.13. The molecule has 0 spiro atoms. The molecule has 29 heavy (non-hydrogen) atoms. The van der Waals surface area contributed by atoms with Gasteiger partial charge in [-0.1, -0.05) is 11.6 Å². The van der Waals surface area contributed by atoms with Crippen LogP contribution in [0.3, 0.4) is 0 Å². The summed E-state index contributed by atoms with van der Waals surface area (Å²) in [4.78, 5) is 24.3. The number of esters is 1. The normalized spacial score (nSPS) is 29.2. The number of carbonyl (C=O) groups excluding carboxylic acids is 1. The maximum absolute atomic E-state index is 12.4. The van der Waals surface area contributed by atoms with E-state index in [0.29, 0.717) is 35.5 Å². The first-order valence-corrected chi connectivity index (χ1v) is 9.69. The Labute approximate surface area is 168 Å². The van der Waals surface area contributed by atoms with Crippen LogP contribution in [0.2, 0.25) is 0 Å². The third kappa shape index (κ3) is 2.92. The molecule has 156 valence electrons. The zero-order chi connectivity index (χ0) is 20.9. The van der Waals surface area contributed by atoms with E-state index in [1.54, 1.807) is 7.11 Å². The highest BCUT2D eigenvalue weighted by molar-refractivity contribution is 5.75. The topological polar surface area (TPSA) is 97.1 Å². The number of rotatable bonds is 5. The molecule has 4 rings (SSSR count). The minimum Gasteiger partial charge on any atom is -0.493 e. The average Bonchev–Trinajstić information content (AvgIpc) is 3.50. The molecule has 1 saturated carbocycles. The number of methoxy groups -OCH3 is 4. The first-order chi connectivity index (χ1) is 14.0. The van der Waals surface area contributed by atoms with Crippen LogP contribution in [0.15, 0.2) is 17.7 Å². The fraction of sp³-hybridized carbons (Fsp3) is 0.571. The van der Waals surface area contributed by atoms with Gasteiger partial charge in [-0.3, -0.25) is 14.9 Å². The number of nitrogens with zero attached hydrogens (tertiary/aromatic N) is 1. The first kappa shape index (κ1) is 19.5. The Morgan fingerprint density at radius 1 is 1.14 bits per heavy atom. The Balaban J connectivity index is 1.98. The van der Waals surface area contributed by atoms with Crippen LogP contribution in [-0.2, 0) is 16.0 Å². The van der Waals surface area contributed by atoms with Crippen molar-refractivity contribution < 1.29 is 28.7 Å². The summed E-state index contributed by atoms with van der Waals surface area (Å²) in [6.45, 7) is 0. The summed E-state index contributed by atoms with van der Waals surface area (Å²) in [5.74, 6) is 0.160. The van der Waals surface area contributed by atoms with E-state index in [9.17, 15) is 14.9 Å². The van der Waals surface area contributed by atoms with E-state index in [2.05, 4.69) is 0 Å². The maximum atomic E-state index is 12.4. The first-order valence-electron chi connectivity index (χ1n) is 9.69. The Kier molecular flexibility index (Phi) is 4.88. The summed E-state index contributed by atoms with van der Waals surface area (Å²) < 4.78 is 21.6. The van der Waals surface area contributed by atoms with Gasteiger partial charge in [0, 0.05) is 10.5 Å². The van der Waals surface area contributed by atoms with Crippen LogP contribution in [0.25, 0.3) is 0 Å². The van der Waals surface area contributed by atoms with Gasteiger partial charge < -0.3 is 18.9 Å². The number of hydrogen-bond acceptors (Lipinski definition) is 7. The Hall–Kier alpha value is -2.77. The van der Waals surface area contributed by atoms with Gasteiger partial charge in [0.25, 0.3) is 0 Å². The molecule has 1 fully saturated rings. The fourth-order valence-corrected chi connectivity index (χ4v) is 5.24. The Morgan fingerprint density at radius 3 is 2.45 bits per heavy atom. The van der Waals surface area contributed by atoms with E-state index < -0.39 is 23.8 Å². The molecule has 1 aromatic carbocycles. The van der Waals surface area contributed by atoms with Crippen molar-refractivity contribution in [1.29, 1.82) is 0 Å². The van der Waals surface area contributed by atoms with Gasteiger partial charge in [0.15, 0.2) is 11.5 Å². The summed E-state index contributed by atoms with van der Waals surface area (Å²) >= 11 is 0. The highest BCUT2D eigenvalue weighted by Crippen LogP contribution is 2.61. The predicted octanol–water partition coefficient (Wildman–Crippen LogP) is 2.75. The highest BCUT2D eigenvalue weighted by Gasteiger charge is 2.56. The van der Waals surface area contributed by atoms with E-state index in [1.807, 2.05) is 12.1 Å². The van der Waals surface area contributed by atoms with Crippen LogP contribution in [0.5, 0.6) is 17.2 Å². The van der Waals surface area contributed by atoms with Crippen LogP contribution in [-0.4, -0.2) is 45.4 Å². The van der Waals surface area contributed by atoms with Crippen molar-refractivity contribution in [2.24, 2.45) is 17.8 Å². The van der Waals surface area contributed by atoms with Crippen molar-refractivity contribution in [3.8, 4) is 17.2 Å². The molecule has 5 atom stereocenters. The molecule has 1 aromatic rings. The molecule has 0 aliphatic heterocycles. The molecule has 0 heterocycles. The van der Waals surface area contributed by atoms with Gasteiger partial charge in [0.05, 0.1) is 34.4 Å². The van der Waals surface area contributed by atoms with Crippen molar-refractivity contribution in [1.82, 2.24) is 0 Å². The second-order valence-electron chi connectivity index (χ2n) is 7.85. The number of carbonyl (C=O) groups is 1. The molecule has 0 N–H and O–H groups in total. The van der Waals surface area contributed by atoms with E-state index in [0.717, 1.165) is 29.5 Å². The van der Waals surface area contributed by atoms with E-state index in [4.69, 9.17) is 18.9 Å². The number of allylic oxidation sites excluding steroid dienone is 1. The molecule has 8 nitrogen and oxygen atoms in total. The molecule has 0 bridgehead atoms. The van der Waals surface area contributed by atoms with Gasteiger partial charge in [-0.25, -0.2) is 0 Å². The lowest BCUT2D eigenvalue weighted by Crippen LogP contribution is -2.43. The van der Waals surface area contributed by atoms with Crippen LogP contribution in [0, 0.1) is 27.9 Å². The van der Waals surface area contributed by atoms with Crippen molar-refractivity contribution in [3.05, 3.63) is 39.0 Å². The van der Waals surface area contributed by atoms with Crippen LogP contribution >= 0.6 is 0 Å². The standard InChI is InChI=1S/C21H25NO7/c1-26-15-9-11-7-10-8-14(10)12-5-6-13(21(23)29-4)18(22(24)25)17(12)16(11)20(28-3)19(15)27-2/h5,9-10,13-14,17-18H,6-8H2,1-4H3. The lowest BCUT2D eigenvalue weighted by Gasteiger charge is -2.33. The minimum atomic E-state index is -1.12. The number of fused-ring (bicyclic) bond motifs is 5. The molecule has 3 aliphatic rings. The third-order valence-corrected chi connectivity index (χ3v) is 6.57. The van der Waals surface area contributed by atoms with Gasteiger partial charge in [-0.15, -0.1) is 0 Å². The third-order valence-electron chi connectivity index (χ3n) is 6.57. The second kappa shape index (κ2) is 7.24. The van der Waals surface area contributed by atoms with Crippen molar-refractivity contribution in [2.75, 3.05) is 28.4 Å². The Morgan fingerprint density at radius 2 is 1.86 bits per heavy atom. The lowest BCUT2D eigenvalue weighted by molar-refractivity contribution is -0.533. The number of hydrogen-bond donors (Lipinski definition) is 0. The molecule has 0 radical (unpaired) electrons. The molecule has 0 saturated heterocycles. The molecule has 3 aliphatic carbocycles. The fourth-order valence-electron chi connectivity index (χ4n) is 5.24. The summed E-state index contributed by atoms with van der Waals surface area (Å²) in [5.41, 5.74) is 2.73. The Bertz CT molecular complexity index is 894. The lowest BCUT2D eigenvalue weighted by atomic mass is 9.71. The largest absolute Gasteiger partial charge is 0.493 e. The molecule has 0 aromatic heterocycles. The molecular weight excluding hydrogens is 378 g/mol. The average molecular weight is 403 g/mol. The minimum absolute atomic E-state index is 0.301. The smallest absolute Gasteiger partial charge is 0.316 e. The summed E-state index contributed by atoms with van der Waals surface area (Å²) in [5, 5.41) is 12.2. The van der Waals surface area contributed by atoms with Gasteiger partial charge in [-0.2, -0.15) is 0 Å². The van der Waals surface area contributed by atoms with Crippen LogP contribution in [0.4, 0.5) is 0 Å². The van der Waals surface area contributed by atoms with Crippen molar-refractivity contribution >= 4 is 5.97 Å². The molecule has 0 amide bonds. The number of ether oxygens (including phenoxy) is 4. The summed E-state index contributed by atoms with van der Waals surface area (Å²) in [6, 6.07) is 0.779. The van der Waals surface area contributed by atoms with Gasteiger partial charge in [-0.05, 0) is 42.7 Å². The number of benzene rings is 1. The van der Waals surface area contributed by atoms with Gasteiger partial charge >= 0.3 is 5.97 Å².